The highest BCUT2D eigenvalue weighted by atomic mass is 32.2. The van der Waals surface area contributed by atoms with Crippen LogP contribution in [0.1, 0.15) is 52.9 Å². The lowest BCUT2D eigenvalue weighted by Gasteiger charge is -2.16. The highest BCUT2D eigenvalue weighted by Gasteiger charge is 2.11. The van der Waals surface area contributed by atoms with Crippen LogP contribution in [0.15, 0.2) is 0 Å². The zero-order valence-electron chi connectivity index (χ0n) is 11.0. The average molecular weight is 249 g/mol. The molecule has 0 aliphatic carbocycles. The second kappa shape index (κ2) is 8.99. The van der Waals surface area contributed by atoms with E-state index in [1.54, 1.807) is 0 Å². The number of sulfone groups is 1. The van der Waals surface area contributed by atoms with E-state index in [1.165, 1.54) is 0 Å². The molecule has 0 amide bonds. The molecular formula is C12H27NO2S. The molecule has 1 unspecified atom stereocenters. The van der Waals surface area contributed by atoms with Crippen molar-refractivity contribution in [3.63, 3.8) is 0 Å². The average Bonchev–Trinajstić information content (AvgIpc) is 2.18. The van der Waals surface area contributed by atoms with E-state index < -0.39 is 9.84 Å². The molecule has 1 N–H and O–H groups in total. The Labute approximate surface area is 101 Å². The Balaban J connectivity index is 3.84. The van der Waals surface area contributed by atoms with Crippen LogP contribution in [0.2, 0.25) is 0 Å². The molecule has 98 valence electrons. The molecule has 0 aromatic carbocycles. The molecule has 0 aromatic rings. The topological polar surface area (TPSA) is 46.2 Å². The Morgan fingerprint density at radius 3 is 2.19 bits per heavy atom. The van der Waals surface area contributed by atoms with Crippen LogP contribution >= 0.6 is 0 Å². The van der Waals surface area contributed by atoms with Crippen molar-refractivity contribution >= 4 is 9.84 Å². The van der Waals surface area contributed by atoms with Gasteiger partial charge in [-0.3, -0.25) is 0 Å². The maximum atomic E-state index is 11.5. The lowest BCUT2D eigenvalue weighted by Crippen LogP contribution is -2.29. The highest BCUT2D eigenvalue weighted by Crippen LogP contribution is 2.07. The van der Waals surface area contributed by atoms with Gasteiger partial charge in [0.25, 0.3) is 0 Å². The van der Waals surface area contributed by atoms with Crippen LogP contribution in [-0.2, 0) is 9.84 Å². The molecule has 0 aliphatic rings. The largest absolute Gasteiger partial charge is 0.314 e. The molecule has 3 nitrogen and oxygen atoms in total. The lowest BCUT2D eigenvalue weighted by atomic mass is 10.1. The Bertz CT molecular complexity index is 244. The zero-order valence-corrected chi connectivity index (χ0v) is 11.8. The van der Waals surface area contributed by atoms with E-state index >= 15 is 0 Å². The predicted molar refractivity (Wildman–Crippen MR) is 70.6 cm³/mol. The summed E-state index contributed by atoms with van der Waals surface area (Å²) < 4.78 is 23.0. The van der Waals surface area contributed by atoms with E-state index in [2.05, 4.69) is 19.2 Å². The van der Waals surface area contributed by atoms with Crippen LogP contribution in [0.3, 0.4) is 0 Å². The molecule has 0 heterocycles. The SMILES string of the molecule is CCCC(CCCS(=O)(=O)CCC)NCC. The first-order valence-corrected chi connectivity index (χ1v) is 8.31. The van der Waals surface area contributed by atoms with E-state index in [0.29, 0.717) is 17.5 Å². The molecule has 0 fully saturated rings. The molecule has 0 radical (unpaired) electrons. The third-order valence-corrected chi connectivity index (χ3v) is 4.59. The van der Waals surface area contributed by atoms with Gasteiger partial charge in [-0.15, -0.1) is 0 Å². The number of hydrogen-bond acceptors (Lipinski definition) is 3. The van der Waals surface area contributed by atoms with Crippen molar-refractivity contribution in [1.29, 1.82) is 0 Å². The second-order valence-corrected chi connectivity index (χ2v) is 6.64. The van der Waals surface area contributed by atoms with Crippen molar-refractivity contribution in [3.05, 3.63) is 0 Å². The number of hydrogen-bond donors (Lipinski definition) is 1. The summed E-state index contributed by atoms with van der Waals surface area (Å²) in [6.45, 7) is 7.14. The van der Waals surface area contributed by atoms with Gasteiger partial charge in [0.1, 0.15) is 9.84 Å². The van der Waals surface area contributed by atoms with E-state index in [-0.39, 0.29) is 0 Å². The summed E-state index contributed by atoms with van der Waals surface area (Å²) in [6.07, 6.45) is 4.79. The van der Waals surface area contributed by atoms with Gasteiger partial charge in [-0.1, -0.05) is 27.2 Å². The first kappa shape index (κ1) is 15.9. The van der Waals surface area contributed by atoms with Gasteiger partial charge in [-0.2, -0.15) is 0 Å². The zero-order chi connectivity index (χ0) is 12.4. The van der Waals surface area contributed by atoms with Crippen molar-refractivity contribution in [2.75, 3.05) is 18.1 Å². The van der Waals surface area contributed by atoms with Gasteiger partial charge in [0.15, 0.2) is 0 Å². The second-order valence-electron chi connectivity index (χ2n) is 4.34. The van der Waals surface area contributed by atoms with E-state index in [9.17, 15) is 8.42 Å². The van der Waals surface area contributed by atoms with E-state index in [4.69, 9.17) is 0 Å². The maximum Gasteiger partial charge on any atom is 0.150 e. The Hall–Kier alpha value is -0.0900. The summed E-state index contributed by atoms with van der Waals surface area (Å²) in [7, 11) is -2.78. The molecule has 4 heteroatoms. The third kappa shape index (κ3) is 8.11. The molecule has 16 heavy (non-hydrogen) atoms. The van der Waals surface area contributed by atoms with E-state index in [0.717, 1.165) is 38.6 Å². The first-order valence-electron chi connectivity index (χ1n) is 6.49. The van der Waals surface area contributed by atoms with Crippen LogP contribution in [0.4, 0.5) is 0 Å². The first-order chi connectivity index (χ1) is 7.55. The summed E-state index contributed by atoms with van der Waals surface area (Å²) in [6, 6.07) is 0.492. The van der Waals surface area contributed by atoms with Gasteiger partial charge in [0.2, 0.25) is 0 Å². The molecule has 0 bridgehead atoms. The van der Waals surface area contributed by atoms with Crippen molar-refractivity contribution in [3.8, 4) is 0 Å². The van der Waals surface area contributed by atoms with Gasteiger partial charge in [0, 0.05) is 11.8 Å². The lowest BCUT2D eigenvalue weighted by molar-refractivity contribution is 0.454. The molecule has 0 spiro atoms. The molecule has 0 aliphatic heterocycles. The minimum absolute atomic E-state index is 0.340. The van der Waals surface area contributed by atoms with Gasteiger partial charge in [-0.05, 0) is 32.2 Å². The van der Waals surface area contributed by atoms with E-state index in [1.807, 2.05) is 6.92 Å². The normalized spacial score (nSPS) is 13.9. The maximum absolute atomic E-state index is 11.5. The minimum Gasteiger partial charge on any atom is -0.314 e. The van der Waals surface area contributed by atoms with Crippen molar-refractivity contribution in [2.24, 2.45) is 0 Å². The Kier molecular flexibility index (Phi) is 8.94. The molecule has 0 aromatic heterocycles. The summed E-state index contributed by atoms with van der Waals surface area (Å²) in [5.74, 6) is 0.694. The quantitative estimate of drug-likeness (QED) is 0.646. The Morgan fingerprint density at radius 1 is 1.00 bits per heavy atom. The van der Waals surface area contributed by atoms with Crippen LogP contribution < -0.4 is 5.32 Å². The fraction of sp³-hybridized carbons (Fsp3) is 1.00. The highest BCUT2D eigenvalue weighted by molar-refractivity contribution is 7.91. The van der Waals surface area contributed by atoms with Crippen LogP contribution in [-0.4, -0.2) is 32.5 Å². The summed E-state index contributed by atoms with van der Waals surface area (Å²) >= 11 is 0. The Morgan fingerprint density at radius 2 is 1.69 bits per heavy atom. The van der Waals surface area contributed by atoms with Crippen LogP contribution in [0, 0.1) is 0 Å². The van der Waals surface area contributed by atoms with Crippen molar-refractivity contribution in [2.45, 2.75) is 58.9 Å². The summed E-state index contributed by atoms with van der Waals surface area (Å²) in [5, 5.41) is 3.41. The standard InChI is InChI=1S/C12H27NO2S/c1-4-8-12(13-6-3)9-7-11-16(14,15)10-5-2/h12-13H,4-11H2,1-3H3. The number of nitrogens with one attached hydrogen (secondary N) is 1. The molecule has 0 saturated heterocycles. The fourth-order valence-electron chi connectivity index (χ4n) is 1.95. The number of rotatable bonds is 10. The molecule has 0 saturated carbocycles. The summed E-state index contributed by atoms with van der Waals surface area (Å²) in [5.41, 5.74) is 0. The molecule has 0 rings (SSSR count). The van der Waals surface area contributed by atoms with Crippen molar-refractivity contribution < 1.29 is 8.42 Å². The van der Waals surface area contributed by atoms with Gasteiger partial charge >= 0.3 is 0 Å². The minimum atomic E-state index is -2.78. The van der Waals surface area contributed by atoms with Crippen LogP contribution in [0.5, 0.6) is 0 Å². The van der Waals surface area contributed by atoms with Gasteiger partial charge < -0.3 is 5.32 Å². The third-order valence-electron chi connectivity index (χ3n) is 2.65. The van der Waals surface area contributed by atoms with Gasteiger partial charge in [0.05, 0.1) is 5.75 Å². The van der Waals surface area contributed by atoms with Crippen molar-refractivity contribution in [1.82, 2.24) is 5.32 Å². The summed E-state index contributed by atoms with van der Waals surface area (Å²) in [4.78, 5) is 0. The smallest absolute Gasteiger partial charge is 0.150 e. The van der Waals surface area contributed by atoms with Crippen LogP contribution in [0.25, 0.3) is 0 Å². The molecular weight excluding hydrogens is 222 g/mol. The van der Waals surface area contributed by atoms with Gasteiger partial charge in [-0.25, -0.2) is 8.42 Å². The fourth-order valence-corrected chi connectivity index (χ4v) is 3.38. The molecule has 1 atom stereocenters. The monoisotopic (exact) mass is 249 g/mol. The predicted octanol–water partition coefficient (Wildman–Crippen LogP) is 2.37.